The van der Waals surface area contributed by atoms with E-state index in [9.17, 15) is 24.0 Å². The lowest BCUT2D eigenvalue weighted by molar-refractivity contribution is -0.156. The Kier molecular flexibility index (Phi) is 7.32. The van der Waals surface area contributed by atoms with Crippen LogP contribution in [0.2, 0.25) is 0 Å². The molecule has 190 valence electrons. The molecule has 1 aliphatic rings. The van der Waals surface area contributed by atoms with Crippen molar-refractivity contribution in [2.45, 2.75) is 59.0 Å². The molecule has 12 heteroatoms. The minimum Gasteiger partial charge on any atom is -0.484 e. The van der Waals surface area contributed by atoms with Gasteiger partial charge in [0.15, 0.2) is 12.3 Å². The first-order valence-corrected chi connectivity index (χ1v) is 12.0. The van der Waals surface area contributed by atoms with Gasteiger partial charge < -0.3 is 9.72 Å². The summed E-state index contributed by atoms with van der Waals surface area (Å²) in [5.41, 5.74) is 2.74. The van der Waals surface area contributed by atoms with E-state index in [4.69, 9.17) is 4.74 Å². The zero-order valence-electron chi connectivity index (χ0n) is 20.2. The number of hydrogen-bond acceptors (Lipinski definition) is 7. The van der Waals surface area contributed by atoms with Crippen LogP contribution in [0.4, 0.5) is 0 Å². The molecule has 0 unspecified atom stereocenters. The zero-order valence-corrected chi connectivity index (χ0v) is 20.2. The molecule has 3 amide bonds. The highest BCUT2D eigenvalue weighted by Gasteiger charge is 2.27. The van der Waals surface area contributed by atoms with Gasteiger partial charge in [-0.15, -0.1) is 0 Å². The molecule has 1 saturated heterocycles. The van der Waals surface area contributed by atoms with E-state index in [1.165, 1.54) is 9.13 Å². The van der Waals surface area contributed by atoms with Gasteiger partial charge in [0.25, 0.3) is 11.5 Å². The maximum atomic E-state index is 12.9. The van der Waals surface area contributed by atoms with Gasteiger partial charge in [-0.3, -0.25) is 33.7 Å². The van der Waals surface area contributed by atoms with E-state index in [1.807, 2.05) is 13.8 Å². The number of fused-ring (bicyclic) bond motifs is 1. The summed E-state index contributed by atoms with van der Waals surface area (Å²) in [5, 5.41) is 0.743. The van der Waals surface area contributed by atoms with Gasteiger partial charge >= 0.3 is 5.69 Å². The number of rotatable bonds is 9. The molecule has 1 aliphatic heterocycles. The monoisotopic (exact) mass is 496 g/mol. The van der Waals surface area contributed by atoms with E-state index in [1.54, 1.807) is 24.3 Å². The first-order chi connectivity index (χ1) is 17.3. The van der Waals surface area contributed by atoms with Crippen LogP contribution in [0.1, 0.15) is 46.0 Å². The number of amides is 3. The number of carbonyl (C=O) groups is 3. The molecular weight excluding hydrogens is 468 g/mol. The van der Waals surface area contributed by atoms with Gasteiger partial charge in [0, 0.05) is 31.5 Å². The quantitative estimate of drug-likeness (QED) is 0.425. The van der Waals surface area contributed by atoms with Crippen LogP contribution in [0, 0.1) is 0 Å². The summed E-state index contributed by atoms with van der Waals surface area (Å²) in [6, 6.07) is 6.66. The Bertz CT molecular complexity index is 1400. The Labute approximate surface area is 205 Å². The third-order valence-electron chi connectivity index (χ3n) is 5.77. The number of carbonyl (C=O) groups excluding carboxylic acids is 3. The Morgan fingerprint density at radius 1 is 1.00 bits per heavy atom. The highest BCUT2D eigenvalue weighted by molar-refractivity contribution is 5.99. The van der Waals surface area contributed by atoms with Crippen molar-refractivity contribution in [3.63, 3.8) is 0 Å². The van der Waals surface area contributed by atoms with Crippen LogP contribution in [0.15, 0.2) is 33.9 Å². The van der Waals surface area contributed by atoms with Crippen molar-refractivity contribution >= 4 is 28.9 Å². The lowest BCUT2D eigenvalue weighted by atomic mass is 10.1. The van der Waals surface area contributed by atoms with Crippen LogP contribution in [-0.2, 0) is 27.5 Å². The van der Waals surface area contributed by atoms with Gasteiger partial charge in [0.1, 0.15) is 17.1 Å². The summed E-state index contributed by atoms with van der Waals surface area (Å²) < 4.78 is 8.21. The zero-order chi connectivity index (χ0) is 25.8. The molecule has 0 bridgehead atoms. The number of hydrogen-bond donors (Lipinski definition) is 2. The molecule has 0 radical (unpaired) electrons. The van der Waals surface area contributed by atoms with E-state index in [0.29, 0.717) is 55.1 Å². The van der Waals surface area contributed by atoms with Crippen LogP contribution < -0.4 is 21.4 Å². The Morgan fingerprint density at radius 3 is 2.28 bits per heavy atom. The van der Waals surface area contributed by atoms with E-state index in [0.717, 1.165) is 5.01 Å². The number of aryl methyl sites for hydroxylation is 1. The maximum absolute atomic E-state index is 12.9. The van der Waals surface area contributed by atoms with E-state index in [2.05, 4.69) is 15.4 Å². The highest BCUT2D eigenvalue weighted by atomic mass is 16.5. The number of nitrogens with one attached hydrogen (secondary N) is 2. The fourth-order valence-electron chi connectivity index (χ4n) is 4.04. The van der Waals surface area contributed by atoms with E-state index in [-0.39, 0.29) is 30.7 Å². The average Bonchev–Trinajstić information content (AvgIpc) is 3.31. The van der Waals surface area contributed by atoms with Crippen molar-refractivity contribution < 1.29 is 19.1 Å². The van der Waals surface area contributed by atoms with Crippen LogP contribution in [0.3, 0.4) is 0 Å². The van der Waals surface area contributed by atoms with Crippen LogP contribution in [-0.4, -0.2) is 48.4 Å². The van der Waals surface area contributed by atoms with Crippen molar-refractivity contribution in [2.24, 2.45) is 0 Å². The number of H-pyrrole nitrogens is 1. The number of ether oxygens (including phenoxy) is 1. The molecule has 0 saturated carbocycles. The van der Waals surface area contributed by atoms with Gasteiger partial charge in [-0.25, -0.2) is 9.78 Å². The predicted molar refractivity (Wildman–Crippen MR) is 130 cm³/mol. The number of imide groups is 1. The number of nitrogens with zero attached hydrogens (tertiary/aromatic N) is 4. The number of benzene rings is 1. The standard InChI is InChI=1S/C24H28N6O6/c1-3-12-28-22-20(23(34)29(13-4-2)24(28)35)25-21(26-22)15-8-10-16(11-9-15)36-14-17(31)27-30-18(32)6-5-7-19(30)33/h8-11H,3-7,12-14H2,1-2H3,(H,25,26)(H,27,31). The van der Waals surface area contributed by atoms with Gasteiger partial charge in [0.05, 0.1) is 0 Å². The second kappa shape index (κ2) is 10.6. The SMILES string of the molecule is CCCn1c(=O)c2[nH]c(-c3ccc(OCC(=O)NN4C(=O)CCCC4=O)cc3)nc2n(CCC)c1=O. The van der Waals surface area contributed by atoms with E-state index < -0.39 is 23.3 Å². The lowest BCUT2D eigenvalue weighted by Gasteiger charge is -2.24. The van der Waals surface area contributed by atoms with Gasteiger partial charge in [-0.1, -0.05) is 13.8 Å². The Hall–Kier alpha value is -4.22. The summed E-state index contributed by atoms with van der Waals surface area (Å²) >= 11 is 0. The van der Waals surface area contributed by atoms with Gasteiger partial charge in [-0.2, -0.15) is 5.01 Å². The summed E-state index contributed by atoms with van der Waals surface area (Å²) in [7, 11) is 0. The predicted octanol–water partition coefficient (Wildman–Crippen LogP) is 1.32. The molecule has 12 nitrogen and oxygen atoms in total. The fourth-order valence-corrected chi connectivity index (χ4v) is 4.04. The molecule has 0 spiro atoms. The number of hydrazine groups is 1. The molecule has 3 heterocycles. The molecule has 4 rings (SSSR count). The molecule has 2 aromatic heterocycles. The van der Waals surface area contributed by atoms with Crippen molar-refractivity contribution in [3.05, 3.63) is 45.1 Å². The highest BCUT2D eigenvalue weighted by Crippen LogP contribution is 2.22. The molecule has 36 heavy (non-hydrogen) atoms. The Morgan fingerprint density at radius 2 is 1.64 bits per heavy atom. The smallest absolute Gasteiger partial charge is 0.332 e. The minimum atomic E-state index is -0.628. The molecule has 2 N–H and O–H groups in total. The number of piperidine rings is 1. The summed E-state index contributed by atoms with van der Waals surface area (Å²) in [6.45, 7) is 4.22. The summed E-state index contributed by atoms with van der Waals surface area (Å²) in [5.74, 6) is -0.708. The third-order valence-corrected chi connectivity index (χ3v) is 5.77. The second-order valence-corrected chi connectivity index (χ2v) is 8.50. The van der Waals surface area contributed by atoms with Crippen molar-refractivity contribution in [1.29, 1.82) is 0 Å². The van der Waals surface area contributed by atoms with E-state index >= 15 is 0 Å². The minimum absolute atomic E-state index is 0.206. The van der Waals surface area contributed by atoms with Crippen molar-refractivity contribution in [2.75, 3.05) is 6.61 Å². The lowest BCUT2D eigenvalue weighted by Crippen LogP contribution is -2.52. The van der Waals surface area contributed by atoms with Crippen LogP contribution >= 0.6 is 0 Å². The van der Waals surface area contributed by atoms with Crippen molar-refractivity contribution in [3.8, 4) is 17.1 Å². The molecule has 0 atom stereocenters. The number of aromatic nitrogens is 4. The van der Waals surface area contributed by atoms with Crippen LogP contribution in [0.5, 0.6) is 5.75 Å². The number of imidazole rings is 1. The second-order valence-electron chi connectivity index (χ2n) is 8.50. The molecule has 3 aromatic rings. The average molecular weight is 497 g/mol. The molecule has 0 aliphatic carbocycles. The Balaban J connectivity index is 1.50. The maximum Gasteiger partial charge on any atom is 0.332 e. The largest absolute Gasteiger partial charge is 0.484 e. The van der Waals surface area contributed by atoms with Crippen molar-refractivity contribution in [1.82, 2.24) is 29.5 Å². The molecule has 1 fully saturated rings. The van der Waals surface area contributed by atoms with Gasteiger partial charge in [0.2, 0.25) is 11.8 Å². The normalized spacial score (nSPS) is 13.9. The molecular formula is C24H28N6O6. The first kappa shape index (κ1) is 24.9. The summed E-state index contributed by atoms with van der Waals surface area (Å²) in [4.78, 5) is 69.1. The fraction of sp³-hybridized carbons (Fsp3) is 0.417. The van der Waals surface area contributed by atoms with Crippen LogP contribution in [0.25, 0.3) is 22.6 Å². The number of aromatic amines is 1. The van der Waals surface area contributed by atoms with Gasteiger partial charge in [-0.05, 0) is 43.5 Å². The summed E-state index contributed by atoms with van der Waals surface area (Å²) in [6.07, 6.45) is 2.25. The third kappa shape index (κ3) is 4.92. The molecule has 1 aromatic carbocycles. The topological polar surface area (TPSA) is 148 Å². The first-order valence-electron chi connectivity index (χ1n) is 12.0.